The molecule has 0 aliphatic heterocycles. The third kappa shape index (κ3) is 24.6. The largest absolute Gasteiger partial charge is 0.394 e. The van der Waals surface area contributed by atoms with E-state index in [9.17, 15) is 4.79 Å². The number of carbonyl (C=O) groups is 1. The van der Waals surface area contributed by atoms with Gasteiger partial charge >= 0.3 is 10.4 Å². The minimum Gasteiger partial charge on any atom is -0.352 e. The van der Waals surface area contributed by atoms with Crippen molar-refractivity contribution in [2.45, 2.75) is 26.7 Å². The lowest BCUT2D eigenvalue weighted by Gasteiger charge is -2.01. The van der Waals surface area contributed by atoms with Crippen molar-refractivity contribution >= 4 is 16.3 Å². The number of carbonyl (C=O) groups excluding carboxylic acids is 1. The predicted octanol–water partition coefficient (Wildman–Crippen LogP) is 0.826. The zero-order chi connectivity index (χ0) is 12.5. The molecule has 0 bridgehead atoms. The maximum atomic E-state index is 10.8. The lowest BCUT2D eigenvalue weighted by molar-refractivity contribution is -0.117. The van der Waals surface area contributed by atoms with Gasteiger partial charge < -0.3 is 5.32 Å². The molecule has 0 unspecified atom stereocenters. The number of hydrogen-bond acceptors (Lipinski definition) is 3. The molecule has 0 rings (SSSR count). The molecule has 7 heteroatoms. The Bertz CT molecular complexity index is 288. The Hall–Kier alpha value is -0.920. The van der Waals surface area contributed by atoms with Crippen molar-refractivity contribution in [3.05, 3.63) is 12.2 Å². The van der Waals surface area contributed by atoms with Gasteiger partial charge in [0.25, 0.3) is 0 Å². The summed E-state index contributed by atoms with van der Waals surface area (Å²) in [6.07, 6.45) is 2.15. The van der Waals surface area contributed by atoms with E-state index in [1.165, 1.54) is 0 Å². The van der Waals surface area contributed by atoms with Crippen LogP contribution in [-0.4, -0.2) is 30.0 Å². The summed E-state index contributed by atoms with van der Waals surface area (Å²) in [6.45, 7) is 8.09. The third-order valence-corrected chi connectivity index (χ3v) is 1.20. The average molecular weight is 239 g/mol. The molecule has 6 nitrogen and oxygen atoms in total. The summed E-state index contributed by atoms with van der Waals surface area (Å²) in [5.41, 5.74) is 0.580. The second-order valence-electron chi connectivity index (χ2n) is 2.84. The van der Waals surface area contributed by atoms with E-state index in [-0.39, 0.29) is 5.91 Å². The SMILES string of the molecule is C=C(C)C(=O)NCCCC.O=S(=O)(O)O. The normalized spacial score (nSPS) is 9.87. The molecular weight excluding hydrogens is 222 g/mol. The van der Waals surface area contributed by atoms with Crippen molar-refractivity contribution in [1.29, 1.82) is 0 Å². The molecule has 90 valence electrons. The van der Waals surface area contributed by atoms with Crippen LogP contribution in [0.15, 0.2) is 12.2 Å². The smallest absolute Gasteiger partial charge is 0.352 e. The lowest BCUT2D eigenvalue weighted by Crippen LogP contribution is -2.24. The highest BCUT2D eigenvalue weighted by molar-refractivity contribution is 7.79. The average Bonchev–Trinajstić information content (AvgIpc) is 2.01. The van der Waals surface area contributed by atoms with Gasteiger partial charge in [-0.3, -0.25) is 13.9 Å². The van der Waals surface area contributed by atoms with E-state index in [4.69, 9.17) is 17.5 Å². The zero-order valence-corrected chi connectivity index (χ0v) is 9.67. The predicted molar refractivity (Wildman–Crippen MR) is 56.9 cm³/mol. The fourth-order valence-corrected chi connectivity index (χ4v) is 0.530. The Morgan fingerprint density at radius 2 is 1.80 bits per heavy atom. The second kappa shape index (κ2) is 8.39. The van der Waals surface area contributed by atoms with Gasteiger partial charge in [0, 0.05) is 12.1 Å². The maximum Gasteiger partial charge on any atom is 0.394 e. The minimum absolute atomic E-state index is 0.0338. The van der Waals surface area contributed by atoms with Gasteiger partial charge in [-0.15, -0.1) is 0 Å². The fraction of sp³-hybridized carbons (Fsp3) is 0.625. The summed E-state index contributed by atoms with van der Waals surface area (Å²) in [5, 5.41) is 2.74. The highest BCUT2D eigenvalue weighted by atomic mass is 32.3. The molecule has 0 fully saturated rings. The molecule has 1 amide bonds. The van der Waals surface area contributed by atoms with Crippen LogP contribution >= 0.6 is 0 Å². The molecule has 15 heavy (non-hydrogen) atoms. The minimum atomic E-state index is -4.67. The molecule has 0 radical (unpaired) electrons. The summed E-state index contributed by atoms with van der Waals surface area (Å²) in [6, 6.07) is 0. The molecule has 0 aromatic heterocycles. The Kier molecular flexibility index (Phi) is 9.24. The fourth-order valence-electron chi connectivity index (χ4n) is 0.530. The van der Waals surface area contributed by atoms with Gasteiger partial charge in [0.05, 0.1) is 0 Å². The number of amides is 1. The Labute approximate surface area is 90.0 Å². The molecule has 0 heterocycles. The number of nitrogens with one attached hydrogen (secondary N) is 1. The van der Waals surface area contributed by atoms with Crippen molar-refractivity contribution < 1.29 is 22.3 Å². The first kappa shape index (κ1) is 16.5. The molecule has 3 N–H and O–H groups in total. The first-order chi connectivity index (χ1) is 6.68. The van der Waals surface area contributed by atoms with Crippen LogP contribution in [0.2, 0.25) is 0 Å². The third-order valence-electron chi connectivity index (χ3n) is 1.20. The summed E-state index contributed by atoms with van der Waals surface area (Å²) >= 11 is 0. The van der Waals surface area contributed by atoms with E-state index >= 15 is 0 Å². The quantitative estimate of drug-likeness (QED) is 0.383. The Morgan fingerprint density at radius 3 is 2.07 bits per heavy atom. The van der Waals surface area contributed by atoms with Crippen molar-refractivity contribution in [3.8, 4) is 0 Å². The van der Waals surface area contributed by atoms with E-state index in [0.29, 0.717) is 5.57 Å². The van der Waals surface area contributed by atoms with Gasteiger partial charge in [-0.2, -0.15) is 8.42 Å². The first-order valence-corrected chi connectivity index (χ1v) is 5.71. The summed E-state index contributed by atoms with van der Waals surface area (Å²) in [5.74, 6) is -0.0338. The molecule has 0 aliphatic rings. The summed E-state index contributed by atoms with van der Waals surface area (Å²) < 4.78 is 31.6. The number of unbranched alkanes of at least 4 members (excludes halogenated alkanes) is 1. The van der Waals surface area contributed by atoms with Crippen molar-refractivity contribution in [3.63, 3.8) is 0 Å². The Balaban J connectivity index is 0. The van der Waals surface area contributed by atoms with Crippen LogP contribution in [-0.2, 0) is 15.2 Å². The molecule has 0 aromatic carbocycles. The zero-order valence-electron chi connectivity index (χ0n) is 8.86. The molecule has 0 saturated heterocycles. The summed E-state index contributed by atoms with van der Waals surface area (Å²) in [7, 11) is -4.67. The maximum absolute atomic E-state index is 10.8. The van der Waals surface area contributed by atoms with Crippen molar-refractivity contribution in [1.82, 2.24) is 5.32 Å². The highest BCUT2D eigenvalue weighted by Gasteiger charge is 1.97. The molecular formula is C8H17NO5S. The van der Waals surface area contributed by atoms with E-state index < -0.39 is 10.4 Å². The van der Waals surface area contributed by atoms with Crippen molar-refractivity contribution in [2.24, 2.45) is 0 Å². The van der Waals surface area contributed by atoms with Gasteiger partial charge in [0.15, 0.2) is 0 Å². The van der Waals surface area contributed by atoms with Crippen molar-refractivity contribution in [2.75, 3.05) is 6.54 Å². The molecule has 0 atom stereocenters. The van der Waals surface area contributed by atoms with E-state index in [1.807, 2.05) is 0 Å². The number of hydrogen-bond donors (Lipinski definition) is 3. The lowest BCUT2D eigenvalue weighted by atomic mass is 10.3. The van der Waals surface area contributed by atoms with Crippen LogP contribution in [0.3, 0.4) is 0 Å². The molecule has 0 saturated carbocycles. The molecule has 0 spiro atoms. The van der Waals surface area contributed by atoms with Gasteiger partial charge in [0.2, 0.25) is 5.91 Å². The number of rotatable bonds is 4. The first-order valence-electron chi connectivity index (χ1n) is 4.32. The van der Waals surface area contributed by atoms with E-state index in [1.54, 1.807) is 6.92 Å². The Morgan fingerprint density at radius 1 is 1.40 bits per heavy atom. The highest BCUT2D eigenvalue weighted by Crippen LogP contribution is 1.87. The van der Waals surface area contributed by atoms with Gasteiger partial charge in [0.1, 0.15) is 0 Å². The summed E-state index contributed by atoms with van der Waals surface area (Å²) in [4.78, 5) is 10.8. The molecule has 0 aliphatic carbocycles. The van der Waals surface area contributed by atoms with Gasteiger partial charge in [-0.1, -0.05) is 19.9 Å². The standard InChI is InChI=1S/C8H15NO.H2O4S/c1-4-5-6-9-8(10)7(2)3;1-5(2,3)4/h2,4-6H2,1,3H3,(H,9,10);(H2,1,2,3,4). The monoisotopic (exact) mass is 239 g/mol. The van der Waals surface area contributed by atoms with Crippen LogP contribution < -0.4 is 5.32 Å². The second-order valence-corrected chi connectivity index (χ2v) is 3.73. The van der Waals surface area contributed by atoms with E-state index in [2.05, 4.69) is 18.8 Å². The van der Waals surface area contributed by atoms with Crippen LogP contribution in [0.1, 0.15) is 26.7 Å². The van der Waals surface area contributed by atoms with Crippen LogP contribution in [0, 0.1) is 0 Å². The van der Waals surface area contributed by atoms with Gasteiger partial charge in [-0.05, 0) is 13.3 Å². The van der Waals surface area contributed by atoms with Crippen LogP contribution in [0.5, 0.6) is 0 Å². The molecule has 0 aromatic rings. The van der Waals surface area contributed by atoms with E-state index in [0.717, 1.165) is 19.4 Å². The topological polar surface area (TPSA) is 104 Å². The van der Waals surface area contributed by atoms with Crippen LogP contribution in [0.25, 0.3) is 0 Å². The van der Waals surface area contributed by atoms with Gasteiger partial charge in [-0.25, -0.2) is 0 Å². The van der Waals surface area contributed by atoms with Crippen LogP contribution in [0.4, 0.5) is 0 Å².